The van der Waals surface area contributed by atoms with Crippen LogP contribution in [0.25, 0.3) is 16.7 Å². The molecule has 0 atom stereocenters. The van der Waals surface area contributed by atoms with Crippen molar-refractivity contribution in [2.45, 2.75) is 58.5 Å². The minimum atomic E-state index is -0.425. The Balaban J connectivity index is 1.72. The zero-order valence-corrected chi connectivity index (χ0v) is 20.6. The van der Waals surface area contributed by atoms with Crippen LogP contribution in [-0.4, -0.2) is 19.9 Å². The third-order valence-electron chi connectivity index (χ3n) is 6.20. The summed E-state index contributed by atoms with van der Waals surface area (Å²) < 4.78 is 3.17. The van der Waals surface area contributed by atoms with Gasteiger partial charge in [0.25, 0.3) is 11.5 Å². The van der Waals surface area contributed by atoms with E-state index in [1.165, 1.54) is 29.7 Å². The van der Waals surface area contributed by atoms with Crippen LogP contribution in [0.3, 0.4) is 0 Å². The van der Waals surface area contributed by atoms with Crippen LogP contribution >= 0.6 is 11.6 Å². The fraction of sp³-hybridized carbons (Fsp3) is 0.333. The van der Waals surface area contributed by atoms with Gasteiger partial charge in [-0.05, 0) is 36.2 Å². The molecule has 35 heavy (non-hydrogen) atoms. The van der Waals surface area contributed by atoms with E-state index in [4.69, 9.17) is 22.0 Å². The van der Waals surface area contributed by atoms with E-state index in [2.05, 4.69) is 12.2 Å². The van der Waals surface area contributed by atoms with E-state index in [0.717, 1.165) is 24.8 Å². The van der Waals surface area contributed by atoms with Crippen LogP contribution in [0, 0.1) is 5.41 Å². The van der Waals surface area contributed by atoms with Crippen LogP contribution in [0.4, 0.5) is 0 Å². The first kappa shape index (κ1) is 24.7. The molecule has 1 aromatic carbocycles. The van der Waals surface area contributed by atoms with Crippen LogP contribution in [0.2, 0.25) is 5.02 Å². The van der Waals surface area contributed by atoms with Crippen LogP contribution in [0.5, 0.6) is 0 Å². The number of benzene rings is 1. The van der Waals surface area contributed by atoms with Gasteiger partial charge in [-0.2, -0.15) is 0 Å². The second kappa shape index (κ2) is 11.3. The van der Waals surface area contributed by atoms with Crippen molar-refractivity contribution in [2.75, 3.05) is 0 Å². The highest BCUT2D eigenvalue weighted by Crippen LogP contribution is 2.15. The normalized spacial score (nSPS) is 11.3. The predicted octanol–water partition coefficient (Wildman–Crippen LogP) is 5.07. The summed E-state index contributed by atoms with van der Waals surface area (Å²) in [5.74, 6) is -0.425. The number of nitrogens with one attached hydrogen (secondary N) is 2. The molecule has 0 saturated carbocycles. The highest BCUT2D eigenvalue weighted by atomic mass is 35.5. The van der Waals surface area contributed by atoms with Crippen LogP contribution < -0.4 is 16.4 Å². The number of aromatic nitrogens is 3. The van der Waals surface area contributed by atoms with Gasteiger partial charge in [0.1, 0.15) is 16.8 Å². The van der Waals surface area contributed by atoms with Gasteiger partial charge in [-0.3, -0.25) is 19.4 Å². The summed E-state index contributed by atoms with van der Waals surface area (Å²) in [4.78, 5) is 31.1. The quantitative estimate of drug-likeness (QED) is 0.239. The van der Waals surface area contributed by atoms with E-state index < -0.39 is 5.91 Å². The molecule has 0 aliphatic heterocycles. The second-order valence-electron chi connectivity index (χ2n) is 8.68. The van der Waals surface area contributed by atoms with Crippen LogP contribution in [0.1, 0.15) is 61.4 Å². The highest BCUT2D eigenvalue weighted by Gasteiger charge is 2.17. The molecule has 7 nitrogen and oxygen atoms in total. The number of carbonyl (C=O) groups is 1. The van der Waals surface area contributed by atoms with Gasteiger partial charge in [0, 0.05) is 24.3 Å². The number of aryl methyl sites for hydroxylation is 1. The highest BCUT2D eigenvalue weighted by molar-refractivity contribution is 6.31. The molecule has 8 heteroatoms. The maximum Gasteiger partial charge on any atom is 0.267 e. The maximum atomic E-state index is 13.3. The molecule has 0 fully saturated rings. The lowest BCUT2D eigenvalue weighted by molar-refractivity contribution is 0.0948. The molecule has 3 aromatic heterocycles. The average Bonchev–Trinajstić information content (AvgIpc) is 2.86. The smallest absolute Gasteiger partial charge is 0.267 e. The molecule has 4 aromatic rings. The van der Waals surface area contributed by atoms with E-state index in [1.54, 1.807) is 29.0 Å². The molecule has 0 aliphatic rings. The van der Waals surface area contributed by atoms with E-state index in [1.807, 2.05) is 24.3 Å². The van der Waals surface area contributed by atoms with Gasteiger partial charge in [0.05, 0.1) is 10.9 Å². The van der Waals surface area contributed by atoms with E-state index in [9.17, 15) is 9.59 Å². The first-order valence-corrected chi connectivity index (χ1v) is 12.5. The summed E-state index contributed by atoms with van der Waals surface area (Å²) in [6.45, 7) is 2.93. The molecule has 0 saturated heterocycles. The first-order valence-electron chi connectivity index (χ1n) is 12.1. The van der Waals surface area contributed by atoms with Gasteiger partial charge in [-0.15, -0.1) is 0 Å². The Morgan fingerprint density at radius 3 is 2.60 bits per heavy atom. The Kier molecular flexibility index (Phi) is 7.98. The zero-order chi connectivity index (χ0) is 24.8. The van der Waals surface area contributed by atoms with E-state index in [0.29, 0.717) is 28.2 Å². The molecule has 4 rings (SSSR count). The van der Waals surface area contributed by atoms with Crippen molar-refractivity contribution in [1.29, 1.82) is 5.41 Å². The molecule has 2 N–H and O–H groups in total. The predicted molar refractivity (Wildman–Crippen MR) is 139 cm³/mol. The molecule has 182 valence electrons. The van der Waals surface area contributed by atoms with Gasteiger partial charge in [-0.25, -0.2) is 4.98 Å². The first-order chi connectivity index (χ1) is 17.0. The third kappa shape index (κ3) is 5.46. The Morgan fingerprint density at radius 1 is 1.06 bits per heavy atom. The van der Waals surface area contributed by atoms with E-state index >= 15 is 0 Å². The summed E-state index contributed by atoms with van der Waals surface area (Å²) >= 11 is 6.22. The minimum absolute atomic E-state index is 0.0508. The van der Waals surface area contributed by atoms with Crippen LogP contribution in [0.15, 0.2) is 59.5 Å². The fourth-order valence-corrected chi connectivity index (χ4v) is 4.44. The summed E-state index contributed by atoms with van der Waals surface area (Å²) in [5, 5.41) is 12.6. The van der Waals surface area contributed by atoms with Crippen molar-refractivity contribution in [3.8, 4) is 0 Å². The third-order valence-corrected chi connectivity index (χ3v) is 6.56. The number of unbranched alkanes of at least 4 members (excludes halogenated alkanes) is 5. The molecule has 0 unspecified atom stereocenters. The minimum Gasteiger partial charge on any atom is -0.348 e. The Bertz CT molecular complexity index is 1470. The van der Waals surface area contributed by atoms with Gasteiger partial charge >= 0.3 is 0 Å². The molecule has 3 heterocycles. The standard InChI is InChI=1S/C27H30ClN5O2/c1-2-3-4-5-6-10-16-33-24(29)20(26(34)30-18-19-12-7-8-13-22(19)28)17-21-25(33)31-23-14-9-11-15-32(23)27(21)35/h7-9,11-15,17,29H,2-6,10,16,18H2,1H3,(H,30,34). The Labute approximate surface area is 208 Å². The number of fused-ring (bicyclic) bond motifs is 2. The van der Waals surface area contributed by atoms with Crippen molar-refractivity contribution in [3.63, 3.8) is 0 Å². The molecule has 0 bridgehead atoms. The van der Waals surface area contributed by atoms with Crippen LogP contribution in [-0.2, 0) is 13.1 Å². The zero-order valence-electron chi connectivity index (χ0n) is 19.9. The number of amides is 1. The number of carbonyl (C=O) groups excluding carboxylic acids is 1. The summed E-state index contributed by atoms with van der Waals surface area (Å²) in [6, 6.07) is 14.1. The van der Waals surface area contributed by atoms with Gasteiger partial charge in [0.15, 0.2) is 0 Å². The van der Waals surface area contributed by atoms with Gasteiger partial charge in [0.2, 0.25) is 0 Å². The average molecular weight is 492 g/mol. The summed E-state index contributed by atoms with van der Waals surface area (Å²) in [5.41, 5.74) is 1.66. The lowest BCUT2D eigenvalue weighted by atomic mass is 10.1. The number of halogens is 1. The largest absolute Gasteiger partial charge is 0.348 e. The lowest BCUT2D eigenvalue weighted by Crippen LogP contribution is -2.35. The molecular weight excluding hydrogens is 462 g/mol. The molecule has 0 radical (unpaired) electrons. The number of nitrogens with zero attached hydrogens (tertiary/aromatic N) is 3. The SMILES string of the molecule is CCCCCCCCn1c(=N)c(C(=O)NCc2ccccc2Cl)cc2c(=O)n3ccccc3nc21. The monoisotopic (exact) mass is 491 g/mol. The summed E-state index contributed by atoms with van der Waals surface area (Å²) in [7, 11) is 0. The van der Waals surface area contributed by atoms with Crippen molar-refractivity contribution in [3.05, 3.63) is 86.7 Å². The lowest BCUT2D eigenvalue weighted by Gasteiger charge is -2.15. The second-order valence-corrected chi connectivity index (χ2v) is 9.09. The molecule has 1 amide bonds. The Morgan fingerprint density at radius 2 is 1.80 bits per heavy atom. The number of pyridine rings is 2. The number of hydrogen-bond donors (Lipinski definition) is 2. The van der Waals surface area contributed by atoms with Crippen molar-refractivity contribution in [2.24, 2.45) is 0 Å². The molecule has 0 spiro atoms. The fourth-order valence-electron chi connectivity index (χ4n) is 4.24. The number of hydrogen-bond acceptors (Lipinski definition) is 4. The van der Waals surface area contributed by atoms with Crippen molar-refractivity contribution < 1.29 is 4.79 Å². The number of rotatable bonds is 10. The summed E-state index contributed by atoms with van der Waals surface area (Å²) in [6.07, 6.45) is 8.22. The van der Waals surface area contributed by atoms with Gasteiger partial charge < -0.3 is 9.88 Å². The topological polar surface area (TPSA) is 92.2 Å². The van der Waals surface area contributed by atoms with Crippen molar-refractivity contribution in [1.82, 2.24) is 19.3 Å². The van der Waals surface area contributed by atoms with Crippen molar-refractivity contribution >= 4 is 34.2 Å². The Hall–Kier alpha value is -3.45. The van der Waals surface area contributed by atoms with Gasteiger partial charge in [-0.1, -0.05) is 74.9 Å². The molecule has 0 aliphatic carbocycles. The van der Waals surface area contributed by atoms with E-state index in [-0.39, 0.29) is 23.2 Å². The molecular formula is C27H30ClN5O2. The maximum absolute atomic E-state index is 13.3.